The Balaban J connectivity index is 1.63. The van der Waals surface area contributed by atoms with E-state index in [0.717, 1.165) is 12.0 Å². The molecule has 1 aromatic carbocycles. The molecular formula is C21H27N5O5. The van der Waals surface area contributed by atoms with Gasteiger partial charge in [-0.1, -0.05) is 19.1 Å². The van der Waals surface area contributed by atoms with Crippen LogP contribution >= 0.6 is 0 Å². The van der Waals surface area contributed by atoms with Crippen LogP contribution in [0.4, 0.5) is 5.95 Å². The Labute approximate surface area is 178 Å². The molecule has 0 aliphatic carbocycles. The number of fused-ring (bicyclic) bond motifs is 1. The Bertz CT molecular complexity index is 1180. The zero-order valence-corrected chi connectivity index (χ0v) is 17.7. The van der Waals surface area contributed by atoms with Crippen molar-refractivity contribution in [3.05, 3.63) is 50.7 Å². The Morgan fingerprint density at radius 1 is 1.29 bits per heavy atom. The molecule has 166 valence electrons. The van der Waals surface area contributed by atoms with Crippen LogP contribution in [0.5, 0.6) is 5.75 Å². The van der Waals surface area contributed by atoms with Gasteiger partial charge in [-0.2, -0.15) is 4.98 Å². The van der Waals surface area contributed by atoms with Crippen LogP contribution in [-0.2, 0) is 24.8 Å². The predicted octanol–water partition coefficient (Wildman–Crippen LogP) is 0.262. The van der Waals surface area contributed by atoms with E-state index in [4.69, 9.17) is 9.47 Å². The molecule has 0 amide bonds. The Morgan fingerprint density at radius 3 is 2.81 bits per heavy atom. The second-order valence-electron chi connectivity index (χ2n) is 7.58. The van der Waals surface area contributed by atoms with Gasteiger partial charge in [-0.3, -0.25) is 14.3 Å². The number of aliphatic hydroxyl groups excluding tert-OH is 1. The second-order valence-corrected chi connectivity index (χ2v) is 7.58. The molecule has 1 unspecified atom stereocenters. The Morgan fingerprint density at radius 2 is 2.06 bits per heavy atom. The number of ether oxygens (including phenoxy) is 2. The average molecular weight is 429 g/mol. The fraction of sp³-hybridized carbons (Fsp3) is 0.476. The van der Waals surface area contributed by atoms with Gasteiger partial charge in [0.1, 0.15) is 18.5 Å². The minimum absolute atomic E-state index is 0.0546. The summed E-state index contributed by atoms with van der Waals surface area (Å²) in [6, 6.07) is 7.73. The number of hydrogen-bond acceptors (Lipinski definition) is 7. The first-order chi connectivity index (χ1) is 15.0. The third-order valence-corrected chi connectivity index (χ3v) is 5.42. The molecule has 4 rings (SSSR count). The molecule has 1 atom stereocenters. The minimum atomic E-state index is -0.890. The number of morpholine rings is 1. The fourth-order valence-electron chi connectivity index (χ4n) is 3.71. The van der Waals surface area contributed by atoms with Crippen LogP contribution in [0, 0.1) is 0 Å². The molecule has 10 nitrogen and oxygen atoms in total. The summed E-state index contributed by atoms with van der Waals surface area (Å²) in [6.45, 7) is 4.50. The van der Waals surface area contributed by atoms with Crippen molar-refractivity contribution in [1.82, 2.24) is 19.1 Å². The van der Waals surface area contributed by atoms with Crippen LogP contribution in [0.25, 0.3) is 11.2 Å². The van der Waals surface area contributed by atoms with E-state index < -0.39 is 17.4 Å². The molecule has 3 aromatic rings. The summed E-state index contributed by atoms with van der Waals surface area (Å²) in [4.78, 5) is 33.5. The van der Waals surface area contributed by atoms with Crippen molar-refractivity contribution in [3.8, 4) is 5.75 Å². The quantitative estimate of drug-likeness (QED) is 0.554. The lowest BCUT2D eigenvalue weighted by Gasteiger charge is -2.28. The van der Waals surface area contributed by atoms with E-state index in [0.29, 0.717) is 38.0 Å². The molecule has 1 aliphatic rings. The SMILES string of the molecule is CCc1cccc(OCC(O)Cn2c(N3CCOCC3)nc3c2c(=O)[nH]c(=O)n3C)c1. The molecule has 10 heteroatoms. The summed E-state index contributed by atoms with van der Waals surface area (Å²) in [5.41, 5.74) is 0.605. The van der Waals surface area contributed by atoms with E-state index in [1.807, 2.05) is 29.2 Å². The molecule has 31 heavy (non-hydrogen) atoms. The number of nitrogens with zero attached hydrogens (tertiary/aromatic N) is 4. The monoisotopic (exact) mass is 429 g/mol. The number of H-pyrrole nitrogens is 1. The lowest BCUT2D eigenvalue weighted by molar-refractivity contribution is 0.0927. The molecule has 0 radical (unpaired) electrons. The fourth-order valence-corrected chi connectivity index (χ4v) is 3.71. The lowest BCUT2D eigenvalue weighted by Crippen LogP contribution is -2.39. The molecule has 0 saturated carbocycles. The molecule has 0 spiro atoms. The van der Waals surface area contributed by atoms with Crippen LogP contribution in [-0.4, -0.2) is 63.2 Å². The Hall–Kier alpha value is -3.11. The highest BCUT2D eigenvalue weighted by molar-refractivity contribution is 5.74. The molecule has 1 saturated heterocycles. The summed E-state index contributed by atoms with van der Waals surface area (Å²) in [5.74, 6) is 1.21. The van der Waals surface area contributed by atoms with E-state index >= 15 is 0 Å². The highest BCUT2D eigenvalue weighted by Crippen LogP contribution is 2.21. The molecule has 0 bridgehead atoms. The van der Waals surface area contributed by atoms with Gasteiger partial charge in [0.15, 0.2) is 11.2 Å². The van der Waals surface area contributed by atoms with E-state index in [1.165, 1.54) is 4.57 Å². The standard InChI is InChI=1S/C21H27N5O5/c1-3-14-5-4-6-16(11-14)31-13-15(27)12-26-17-18(24(2)21(29)23-19(17)28)22-20(26)25-7-9-30-10-8-25/h4-6,11,15,27H,3,7-10,12-13H2,1-2H3,(H,23,28,29). The molecule has 2 aromatic heterocycles. The number of imidazole rings is 1. The number of nitrogens with one attached hydrogen (secondary N) is 1. The van der Waals surface area contributed by atoms with Crippen LogP contribution < -0.4 is 20.9 Å². The van der Waals surface area contributed by atoms with Crippen molar-refractivity contribution in [2.45, 2.75) is 26.0 Å². The third kappa shape index (κ3) is 4.35. The molecule has 2 N–H and O–H groups in total. The van der Waals surface area contributed by atoms with Gasteiger partial charge in [-0.25, -0.2) is 4.79 Å². The third-order valence-electron chi connectivity index (χ3n) is 5.42. The van der Waals surface area contributed by atoms with Crippen molar-refractivity contribution in [3.63, 3.8) is 0 Å². The number of aryl methyl sites for hydroxylation is 2. The average Bonchev–Trinajstić information content (AvgIpc) is 3.16. The van der Waals surface area contributed by atoms with Gasteiger partial charge in [0.25, 0.3) is 5.56 Å². The molecular weight excluding hydrogens is 402 g/mol. The van der Waals surface area contributed by atoms with E-state index in [-0.39, 0.29) is 24.3 Å². The highest BCUT2D eigenvalue weighted by atomic mass is 16.5. The van der Waals surface area contributed by atoms with Crippen molar-refractivity contribution in [1.29, 1.82) is 0 Å². The minimum Gasteiger partial charge on any atom is -0.491 e. The zero-order chi connectivity index (χ0) is 22.0. The van der Waals surface area contributed by atoms with Crippen LogP contribution in [0.2, 0.25) is 0 Å². The van der Waals surface area contributed by atoms with Gasteiger partial charge in [-0.15, -0.1) is 0 Å². The number of aliphatic hydroxyl groups is 1. The van der Waals surface area contributed by atoms with Gasteiger partial charge in [0.2, 0.25) is 5.95 Å². The summed E-state index contributed by atoms with van der Waals surface area (Å²) in [6.07, 6.45) is 0.00432. The number of aromatic amines is 1. The van der Waals surface area contributed by atoms with Gasteiger partial charge in [0.05, 0.1) is 19.8 Å². The largest absolute Gasteiger partial charge is 0.491 e. The first kappa shape index (κ1) is 21.1. The van der Waals surface area contributed by atoms with E-state index in [9.17, 15) is 14.7 Å². The maximum absolute atomic E-state index is 12.6. The molecule has 1 fully saturated rings. The molecule has 1 aliphatic heterocycles. The zero-order valence-electron chi connectivity index (χ0n) is 17.7. The maximum Gasteiger partial charge on any atom is 0.329 e. The van der Waals surface area contributed by atoms with Crippen LogP contribution in [0.15, 0.2) is 33.9 Å². The normalized spacial score (nSPS) is 15.4. The van der Waals surface area contributed by atoms with Crippen molar-refractivity contribution in [2.75, 3.05) is 37.8 Å². The highest BCUT2D eigenvalue weighted by Gasteiger charge is 2.24. The van der Waals surface area contributed by atoms with Crippen molar-refractivity contribution in [2.24, 2.45) is 7.05 Å². The second kappa shape index (κ2) is 8.94. The smallest absolute Gasteiger partial charge is 0.329 e. The summed E-state index contributed by atoms with van der Waals surface area (Å²) >= 11 is 0. The number of benzene rings is 1. The van der Waals surface area contributed by atoms with E-state index in [2.05, 4.69) is 16.9 Å². The topological polar surface area (TPSA) is 115 Å². The van der Waals surface area contributed by atoms with Crippen LogP contribution in [0.1, 0.15) is 12.5 Å². The lowest BCUT2D eigenvalue weighted by atomic mass is 10.2. The van der Waals surface area contributed by atoms with Crippen molar-refractivity contribution < 1.29 is 14.6 Å². The number of aromatic nitrogens is 4. The van der Waals surface area contributed by atoms with Gasteiger partial charge in [0, 0.05) is 20.1 Å². The predicted molar refractivity (Wildman–Crippen MR) is 116 cm³/mol. The van der Waals surface area contributed by atoms with Gasteiger partial charge >= 0.3 is 5.69 Å². The Kier molecular flexibility index (Phi) is 6.10. The van der Waals surface area contributed by atoms with Crippen LogP contribution in [0.3, 0.4) is 0 Å². The first-order valence-electron chi connectivity index (χ1n) is 10.4. The number of anilines is 1. The number of hydrogen-bond donors (Lipinski definition) is 2. The van der Waals surface area contributed by atoms with Gasteiger partial charge in [-0.05, 0) is 24.1 Å². The molecule has 3 heterocycles. The van der Waals surface area contributed by atoms with Gasteiger partial charge < -0.3 is 24.0 Å². The van der Waals surface area contributed by atoms with Crippen molar-refractivity contribution >= 4 is 17.1 Å². The summed E-state index contributed by atoms with van der Waals surface area (Å²) < 4.78 is 14.2. The summed E-state index contributed by atoms with van der Waals surface area (Å²) in [5, 5.41) is 10.7. The maximum atomic E-state index is 12.6. The van der Waals surface area contributed by atoms with E-state index in [1.54, 1.807) is 11.6 Å². The number of rotatable bonds is 7. The first-order valence-corrected chi connectivity index (χ1v) is 10.4. The summed E-state index contributed by atoms with van der Waals surface area (Å²) in [7, 11) is 1.56.